The van der Waals surface area contributed by atoms with Crippen LogP contribution < -0.4 is 16.7 Å². The van der Waals surface area contributed by atoms with E-state index in [-0.39, 0.29) is 19.8 Å². The minimum atomic E-state index is -1.18. The summed E-state index contributed by atoms with van der Waals surface area (Å²) in [6.07, 6.45) is 0. The van der Waals surface area contributed by atoms with Gasteiger partial charge in [-0.3, -0.25) is 29.5 Å². The van der Waals surface area contributed by atoms with Gasteiger partial charge in [-0.05, 0) is 37.9 Å². The van der Waals surface area contributed by atoms with E-state index in [1.54, 1.807) is 4.98 Å². The van der Waals surface area contributed by atoms with E-state index in [0.717, 1.165) is 0 Å². The molecule has 2 rings (SSSR count). The number of halogens is 2. The number of hydrogen-bond acceptors (Lipinski definition) is 5. The molecule has 1 heterocycles. The minimum absolute atomic E-state index is 0.0370. The molecule has 0 saturated carbocycles. The summed E-state index contributed by atoms with van der Waals surface area (Å²) in [5.41, 5.74) is -3.93. The summed E-state index contributed by atoms with van der Waals surface area (Å²) in [5, 5.41) is 10.7. The summed E-state index contributed by atoms with van der Waals surface area (Å²) >= 11 is 6.03. The van der Waals surface area contributed by atoms with Gasteiger partial charge in [0.05, 0.1) is 10.4 Å². The zero-order valence-electron chi connectivity index (χ0n) is 8.82. The van der Waals surface area contributed by atoms with Crippen LogP contribution in [0.3, 0.4) is 0 Å². The standard InChI is InChI=1S/C9H3Br2N3O5/c10-2-1-3-4(6(5(2)11)14(18)19)7(15)13-9(17)8(16)12-3/h1H,(H2,12,13,15,16,17). The average Bonchev–Trinajstić information content (AvgIpc) is 2.40. The van der Waals surface area contributed by atoms with Crippen molar-refractivity contribution in [3.8, 4) is 0 Å². The first-order valence-corrected chi connectivity index (χ1v) is 6.24. The number of nitrogens with zero attached hydrogens (tertiary/aromatic N) is 1. The predicted molar refractivity (Wildman–Crippen MR) is 73.5 cm³/mol. The van der Waals surface area contributed by atoms with Crippen molar-refractivity contribution in [2.45, 2.75) is 0 Å². The van der Waals surface area contributed by atoms with Gasteiger partial charge in [-0.25, -0.2) is 0 Å². The average molecular weight is 393 g/mol. The van der Waals surface area contributed by atoms with Crippen LogP contribution in [0.25, 0.3) is 10.9 Å². The summed E-state index contributed by atoms with van der Waals surface area (Å²) in [6, 6.07) is 1.29. The first-order valence-electron chi connectivity index (χ1n) is 4.66. The zero-order valence-corrected chi connectivity index (χ0v) is 12.0. The number of aromatic nitrogens is 2. The minimum Gasteiger partial charge on any atom is -0.317 e. The molecule has 1 aromatic carbocycles. The first kappa shape index (κ1) is 13.6. The highest BCUT2D eigenvalue weighted by Crippen LogP contribution is 2.36. The van der Waals surface area contributed by atoms with Crippen LogP contribution in [0.1, 0.15) is 0 Å². The lowest BCUT2D eigenvalue weighted by Crippen LogP contribution is -2.28. The quantitative estimate of drug-likeness (QED) is 0.425. The van der Waals surface area contributed by atoms with Gasteiger partial charge < -0.3 is 4.98 Å². The van der Waals surface area contributed by atoms with Gasteiger partial charge in [0, 0.05) is 4.47 Å². The fraction of sp³-hybridized carbons (Fsp3) is 0. The van der Waals surface area contributed by atoms with E-state index in [0.29, 0.717) is 0 Å². The topological polar surface area (TPSA) is 126 Å². The third-order valence-electron chi connectivity index (χ3n) is 2.29. The maximum absolute atomic E-state index is 11.8. The van der Waals surface area contributed by atoms with E-state index in [1.165, 1.54) is 6.07 Å². The summed E-state index contributed by atoms with van der Waals surface area (Å²) in [4.78, 5) is 48.5. The maximum Gasteiger partial charge on any atom is 0.316 e. The molecule has 19 heavy (non-hydrogen) atoms. The molecule has 2 N–H and O–H groups in total. The second kappa shape index (κ2) is 4.70. The smallest absolute Gasteiger partial charge is 0.316 e. The molecule has 0 saturated heterocycles. The van der Waals surface area contributed by atoms with Crippen molar-refractivity contribution < 1.29 is 4.92 Å². The van der Waals surface area contributed by atoms with Gasteiger partial charge in [0.25, 0.3) is 11.2 Å². The predicted octanol–water partition coefficient (Wildman–Crippen LogP) is 1.01. The highest BCUT2D eigenvalue weighted by atomic mass is 79.9. The Morgan fingerprint density at radius 1 is 1.05 bits per heavy atom. The van der Waals surface area contributed by atoms with Crippen LogP contribution in [-0.2, 0) is 0 Å². The normalized spacial score (nSPS) is 10.6. The first-order chi connectivity index (χ1) is 8.82. The summed E-state index contributed by atoms with van der Waals surface area (Å²) in [7, 11) is 0. The molecule has 2 aromatic rings. The number of aromatic amines is 2. The van der Waals surface area contributed by atoms with E-state index >= 15 is 0 Å². The van der Waals surface area contributed by atoms with Crippen LogP contribution in [0, 0.1) is 10.1 Å². The van der Waals surface area contributed by atoms with Crippen LogP contribution in [0.2, 0.25) is 0 Å². The van der Waals surface area contributed by atoms with Crippen molar-refractivity contribution in [1.29, 1.82) is 0 Å². The van der Waals surface area contributed by atoms with Crippen molar-refractivity contribution >= 4 is 48.5 Å². The fourth-order valence-corrected chi connectivity index (χ4v) is 2.39. The van der Waals surface area contributed by atoms with E-state index in [4.69, 9.17) is 0 Å². The second-order valence-electron chi connectivity index (χ2n) is 3.44. The molecule has 0 amide bonds. The lowest BCUT2D eigenvalue weighted by Gasteiger charge is -2.00. The Hall–Kier alpha value is -1.81. The van der Waals surface area contributed by atoms with Gasteiger partial charge in [0.1, 0.15) is 9.86 Å². The summed E-state index contributed by atoms with van der Waals surface area (Å²) in [5.74, 6) is 0. The van der Waals surface area contributed by atoms with Crippen LogP contribution in [0.5, 0.6) is 0 Å². The molecule has 0 aliphatic rings. The number of benzene rings is 1. The summed E-state index contributed by atoms with van der Waals surface area (Å²) in [6.45, 7) is 0. The molecule has 0 bridgehead atoms. The van der Waals surface area contributed by atoms with Crippen LogP contribution in [-0.4, -0.2) is 14.9 Å². The van der Waals surface area contributed by atoms with E-state index in [1.807, 2.05) is 0 Å². The molecule has 0 unspecified atom stereocenters. The Balaban J connectivity index is 3.28. The van der Waals surface area contributed by atoms with Crippen LogP contribution >= 0.6 is 31.9 Å². The third kappa shape index (κ3) is 2.24. The molecule has 8 nitrogen and oxygen atoms in total. The van der Waals surface area contributed by atoms with E-state index in [2.05, 4.69) is 36.8 Å². The highest BCUT2D eigenvalue weighted by molar-refractivity contribution is 9.13. The van der Waals surface area contributed by atoms with Gasteiger partial charge in [-0.2, -0.15) is 0 Å². The lowest BCUT2D eigenvalue weighted by atomic mass is 10.2. The van der Waals surface area contributed by atoms with Crippen LogP contribution in [0.15, 0.2) is 29.4 Å². The maximum atomic E-state index is 11.8. The van der Waals surface area contributed by atoms with Crippen molar-refractivity contribution in [3.63, 3.8) is 0 Å². The number of nitrogens with one attached hydrogen (secondary N) is 2. The Morgan fingerprint density at radius 2 is 1.63 bits per heavy atom. The molecule has 0 radical (unpaired) electrons. The number of hydrogen-bond donors (Lipinski definition) is 2. The van der Waals surface area contributed by atoms with Gasteiger partial charge >= 0.3 is 11.1 Å². The van der Waals surface area contributed by atoms with E-state index < -0.39 is 27.3 Å². The molecule has 0 aliphatic heterocycles. The Kier molecular flexibility index (Phi) is 3.37. The number of nitro benzene ring substituents is 1. The van der Waals surface area contributed by atoms with Crippen LogP contribution in [0.4, 0.5) is 5.69 Å². The lowest BCUT2D eigenvalue weighted by molar-refractivity contribution is -0.384. The van der Waals surface area contributed by atoms with Crippen molar-refractivity contribution in [2.24, 2.45) is 0 Å². The van der Waals surface area contributed by atoms with E-state index in [9.17, 15) is 24.5 Å². The largest absolute Gasteiger partial charge is 0.317 e. The van der Waals surface area contributed by atoms with Crippen molar-refractivity contribution in [2.75, 3.05) is 0 Å². The van der Waals surface area contributed by atoms with Gasteiger partial charge in [-0.15, -0.1) is 0 Å². The Bertz CT molecular complexity index is 886. The Morgan fingerprint density at radius 3 is 2.21 bits per heavy atom. The van der Waals surface area contributed by atoms with Crippen molar-refractivity contribution in [1.82, 2.24) is 9.97 Å². The number of fused-ring (bicyclic) bond motifs is 1. The zero-order chi connectivity index (χ0) is 14.3. The van der Waals surface area contributed by atoms with Gasteiger partial charge in [0.15, 0.2) is 0 Å². The molecule has 0 aliphatic carbocycles. The van der Waals surface area contributed by atoms with Crippen molar-refractivity contribution in [3.05, 3.63) is 56.2 Å². The Labute approximate surface area is 119 Å². The molecule has 0 fully saturated rings. The molecule has 0 atom stereocenters. The highest BCUT2D eigenvalue weighted by Gasteiger charge is 2.23. The van der Waals surface area contributed by atoms with Gasteiger partial charge in [0.2, 0.25) is 0 Å². The second-order valence-corrected chi connectivity index (χ2v) is 5.09. The monoisotopic (exact) mass is 391 g/mol. The molecule has 1 aromatic heterocycles. The summed E-state index contributed by atoms with van der Waals surface area (Å²) < 4.78 is 0.301. The number of nitro groups is 1. The molecule has 98 valence electrons. The number of H-pyrrole nitrogens is 2. The SMILES string of the molecule is O=c1[nH]c(=O)c2c([N+](=O)[O-])c(Br)c(Br)cc2[nH]c1=O. The fourth-order valence-electron chi connectivity index (χ4n) is 1.51. The molecule has 0 spiro atoms. The molecular formula is C9H3Br2N3O5. The number of rotatable bonds is 1. The molecule has 10 heteroatoms. The van der Waals surface area contributed by atoms with Gasteiger partial charge in [-0.1, -0.05) is 0 Å². The third-order valence-corrected chi connectivity index (χ3v) is 4.25. The molecular weight excluding hydrogens is 390 g/mol.